The molecule has 0 aliphatic rings. The quantitative estimate of drug-likeness (QED) is 0.512. The van der Waals surface area contributed by atoms with Crippen molar-refractivity contribution in [2.24, 2.45) is 5.92 Å². The molecule has 0 saturated carbocycles. The van der Waals surface area contributed by atoms with Crippen molar-refractivity contribution in [1.29, 1.82) is 0 Å². The second kappa shape index (κ2) is 11.9. The van der Waals surface area contributed by atoms with Gasteiger partial charge in [-0.2, -0.15) is 0 Å². The highest BCUT2D eigenvalue weighted by molar-refractivity contribution is 5.10. The fourth-order valence-corrected chi connectivity index (χ4v) is 1.94. The predicted octanol–water partition coefficient (Wildman–Crippen LogP) is 5.64. The Bertz CT molecular complexity index is 292. The SMILES string of the molecule is C=CC(=C)CCCC(C)(C)O.CCC(C)CCCC(C)(C)O. The van der Waals surface area contributed by atoms with Crippen LogP contribution in [0.15, 0.2) is 24.8 Å². The minimum atomic E-state index is -0.540. The lowest BCUT2D eigenvalue weighted by Crippen LogP contribution is -2.18. The van der Waals surface area contributed by atoms with Gasteiger partial charge in [-0.15, -0.1) is 0 Å². The molecule has 2 N–H and O–H groups in total. The molecule has 22 heavy (non-hydrogen) atoms. The molecule has 0 spiro atoms. The lowest BCUT2D eigenvalue weighted by Gasteiger charge is -2.17. The summed E-state index contributed by atoms with van der Waals surface area (Å²) in [7, 11) is 0. The molecule has 0 aromatic heterocycles. The molecule has 0 aliphatic carbocycles. The van der Waals surface area contributed by atoms with Crippen molar-refractivity contribution in [1.82, 2.24) is 0 Å². The Morgan fingerprint density at radius 1 is 1.05 bits per heavy atom. The number of hydrogen-bond donors (Lipinski definition) is 2. The van der Waals surface area contributed by atoms with Crippen molar-refractivity contribution < 1.29 is 10.2 Å². The van der Waals surface area contributed by atoms with Crippen LogP contribution in [0.4, 0.5) is 0 Å². The molecule has 2 nitrogen and oxygen atoms in total. The average molecular weight is 313 g/mol. The van der Waals surface area contributed by atoms with Crippen LogP contribution in [0.25, 0.3) is 0 Å². The molecule has 0 radical (unpaired) electrons. The highest BCUT2D eigenvalue weighted by Crippen LogP contribution is 2.17. The number of rotatable bonds is 10. The fourth-order valence-electron chi connectivity index (χ4n) is 1.94. The summed E-state index contributed by atoms with van der Waals surface area (Å²) in [6.07, 6.45) is 9.09. The monoisotopic (exact) mass is 312 g/mol. The maximum absolute atomic E-state index is 9.40. The van der Waals surface area contributed by atoms with E-state index in [1.165, 1.54) is 12.8 Å². The third-order valence-corrected chi connectivity index (χ3v) is 3.76. The van der Waals surface area contributed by atoms with Gasteiger partial charge in [0.25, 0.3) is 0 Å². The van der Waals surface area contributed by atoms with Gasteiger partial charge >= 0.3 is 0 Å². The van der Waals surface area contributed by atoms with Gasteiger partial charge in [0.1, 0.15) is 0 Å². The number of hydrogen-bond acceptors (Lipinski definition) is 2. The second-order valence-electron chi connectivity index (χ2n) is 7.75. The molecular weight excluding hydrogens is 272 g/mol. The minimum absolute atomic E-state index is 0.465. The van der Waals surface area contributed by atoms with Crippen LogP contribution in [0, 0.1) is 5.92 Å². The van der Waals surface area contributed by atoms with Crippen LogP contribution in [0.5, 0.6) is 0 Å². The summed E-state index contributed by atoms with van der Waals surface area (Å²) in [5, 5.41) is 18.8. The van der Waals surface area contributed by atoms with Crippen LogP contribution < -0.4 is 0 Å². The van der Waals surface area contributed by atoms with Crippen LogP contribution in [-0.4, -0.2) is 21.4 Å². The van der Waals surface area contributed by atoms with Gasteiger partial charge in [-0.1, -0.05) is 57.9 Å². The molecule has 2 heteroatoms. The van der Waals surface area contributed by atoms with Crippen molar-refractivity contribution in [3.63, 3.8) is 0 Å². The Hall–Kier alpha value is -0.600. The zero-order valence-electron chi connectivity index (χ0n) is 15.9. The molecule has 0 aromatic carbocycles. The zero-order valence-corrected chi connectivity index (χ0v) is 15.9. The van der Waals surface area contributed by atoms with E-state index in [2.05, 4.69) is 27.0 Å². The normalized spacial score (nSPS) is 13.1. The Labute approximate surface area is 139 Å². The molecular formula is C20H40O2. The van der Waals surface area contributed by atoms with E-state index in [1.54, 1.807) is 6.08 Å². The summed E-state index contributed by atoms with van der Waals surface area (Å²) in [4.78, 5) is 0. The van der Waals surface area contributed by atoms with E-state index in [-0.39, 0.29) is 0 Å². The minimum Gasteiger partial charge on any atom is -0.390 e. The molecule has 132 valence electrons. The van der Waals surface area contributed by atoms with E-state index < -0.39 is 11.2 Å². The van der Waals surface area contributed by atoms with E-state index in [0.717, 1.165) is 43.6 Å². The third kappa shape index (κ3) is 21.7. The molecule has 0 rings (SSSR count). The average Bonchev–Trinajstić information content (AvgIpc) is 2.36. The Balaban J connectivity index is 0. The van der Waals surface area contributed by atoms with Crippen LogP contribution in [0.1, 0.15) is 86.5 Å². The van der Waals surface area contributed by atoms with Crippen molar-refractivity contribution in [3.05, 3.63) is 24.8 Å². The Kier molecular flexibility index (Phi) is 12.8. The largest absolute Gasteiger partial charge is 0.390 e. The van der Waals surface area contributed by atoms with Crippen LogP contribution in [-0.2, 0) is 0 Å². The van der Waals surface area contributed by atoms with Crippen molar-refractivity contribution in [2.75, 3.05) is 0 Å². The van der Waals surface area contributed by atoms with Gasteiger partial charge in [-0.25, -0.2) is 0 Å². The van der Waals surface area contributed by atoms with Crippen LogP contribution >= 0.6 is 0 Å². The number of allylic oxidation sites excluding steroid dienone is 2. The van der Waals surface area contributed by atoms with Crippen molar-refractivity contribution in [2.45, 2.75) is 97.7 Å². The Morgan fingerprint density at radius 3 is 1.86 bits per heavy atom. The van der Waals surface area contributed by atoms with E-state index in [1.807, 2.05) is 27.7 Å². The van der Waals surface area contributed by atoms with Gasteiger partial charge in [-0.3, -0.25) is 0 Å². The van der Waals surface area contributed by atoms with Gasteiger partial charge in [0.15, 0.2) is 0 Å². The molecule has 0 bridgehead atoms. The fraction of sp³-hybridized carbons (Fsp3) is 0.800. The summed E-state index contributed by atoms with van der Waals surface area (Å²) in [5.41, 5.74) is 0.0452. The highest BCUT2D eigenvalue weighted by Gasteiger charge is 2.12. The topological polar surface area (TPSA) is 40.5 Å². The molecule has 0 heterocycles. The van der Waals surface area contributed by atoms with E-state index >= 15 is 0 Å². The summed E-state index contributed by atoms with van der Waals surface area (Å²) >= 11 is 0. The smallest absolute Gasteiger partial charge is 0.0591 e. The zero-order chi connectivity index (χ0) is 17.8. The molecule has 1 atom stereocenters. The predicted molar refractivity (Wildman–Crippen MR) is 99.1 cm³/mol. The lowest BCUT2D eigenvalue weighted by molar-refractivity contribution is 0.0668. The molecule has 1 unspecified atom stereocenters. The molecule has 0 aromatic rings. The van der Waals surface area contributed by atoms with Gasteiger partial charge in [0.2, 0.25) is 0 Å². The Morgan fingerprint density at radius 2 is 1.50 bits per heavy atom. The van der Waals surface area contributed by atoms with Crippen LogP contribution in [0.2, 0.25) is 0 Å². The van der Waals surface area contributed by atoms with E-state index in [9.17, 15) is 10.2 Å². The van der Waals surface area contributed by atoms with Gasteiger partial charge in [-0.05, 0) is 59.3 Å². The van der Waals surface area contributed by atoms with Crippen LogP contribution in [0.3, 0.4) is 0 Å². The first-order valence-corrected chi connectivity index (χ1v) is 8.66. The molecule has 0 amide bonds. The first-order chi connectivity index (χ1) is 9.91. The van der Waals surface area contributed by atoms with Crippen molar-refractivity contribution >= 4 is 0 Å². The maximum Gasteiger partial charge on any atom is 0.0591 e. The second-order valence-corrected chi connectivity index (χ2v) is 7.75. The van der Waals surface area contributed by atoms with Gasteiger partial charge < -0.3 is 10.2 Å². The maximum atomic E-state index is 9.40. The molecule has 0 fully saturated rings. The number of aliphatic hydroxyl groups is 2. The molecule has 0 aliphatic heterocycles. The van der Waals surface area contributed by atoms with E-state index in [4.69, 9.17) is 0 Å². The van der Waals surface area contributed by atoms with Gasteiger partial charge in [0.05, 0.1) is 11.2 Å². The first kappa shape index (κ1) is 23.7. The van der Waals surface area contributed by atoms with E-state index in [0.29, 0.717) is 0 Å². The first-order valence-electron chi connectivity index (χ1n) is 8.66. The standard InChI is InChI=1S/C10H22O.C10H18O/c2*1-5-9(2)7-6-8-10(3,4)11/h9,11H,5-8H2,1-4H3;5,11H,1-2,6-8H2,3-4H3. The third-order valence-electron chi connectivity index (χ3n) is 3.76. The highest BCUT2D eigenvalue weighted by atomic mass is 16.3. The summed E-state index contributed by atoms with van der Waals surface area (Å²) in [6, 6.07) is 0. The van der Waals surface area contributed by atoms with Crippen molar-refractivity contribution in [3.8, 4) is 0 Å². The lowest BCUT2D eigenvalue weighted by atomic mass is 9.96. The summed E-state index contributed by atoms with van der Waals surface area (Å²) < 4.78 is 0. The summed E-state index contributed by atoms with van der Waals surface area (Å²) in [5.74, 6) is 0.817. The van der Waals surface area contributed by atoms with Gasteiger partial charge in [0, 0.05) is 0 Å². The molecule has 0 saturated heterocycles. The summed E-state index contributed by atoms with van der Waals surface area (Å²) in [6.45, 7) is 19.3.